The molecule has 0 aliphatic carbocycles. The molecule has 188 valence electrons. The van der Waals surface area contributed by atoms with Crippen LogP contribution in [0.1, 0.15) is 35.2 Å². The molecule has 0 radical (unpaired) electrons. The highest BCUT2D eigenvalue weighted by Crippen LogP contribution is 2.41. The zero-order valence-electron chi connectivity index (χ0n) is 19.8. The predicted octanol–water partition coefficient (Wildman–Crippen LogP) is 4.23. The third-order valence-electron chi connectivity index (χ3n) is 6.09. The van der Waals surface area contributed by atoms with E-state index in [2.05, 4.69) is 0 Å². The molecule has 8 nitrogen and oxygen atoms in total. The van der Waals surface area contributed by atoms with Crippen molar-refractivity contribution in [1.82, 2.24) is 4.90 Å². The fourth-order valence-corrected chi connectivity index (χ4v) is 5.19. The highest BCUT2D eigenvalue weighted by atomic mass is 32.2. The smallest absolute Gasteiger partial charge is 0.410 e. The zero-order chi connectivity index (χ0) is 25.7. The molecule has 0 aromatic heterocycles. The van der Waals surface area contributed by atoms with Crippen molar-refractivity contribution in [3.05, 3.63) is 95.1 Å². The maximum Gasteiger partial charge on any atom is 0.410 e. The van der Waals surface area contributed by atoms with Gasteiger partial charge in [0.05, 0.1) is 16.7 Å². The minimum Gasteiger partial charge on any atom is -0.482 e. The minimum atomic E-state index is -3.58. The maximum absolute atomic E-state index is 13.3. The van der Waals surface area contributed by atoms with Gasteiger partial charge in [-0.15, -0.1) is 0 Å². The highest BCUT2D eigenvalue weighted by molar-refractivity contribution is 7.91. The fraction of sp³-hybridized carbons (Fsp3) is 0.259. The summed E-state index contributed by atoms with van der Waals surface area (Å²) in [6, 6.07) is 20.5. The van der Waals surface area contributed by atoms with E-state index in [1.807, 2.05) is 54.6 Å². The molecule has 4 rings (SSSR count). The van der Waals surface area contributed by atoms with E-state index < -0.39 is 34.5 Å². The first-order valence-electron chi connectivity index (χ1n) is 11.6. The van der Waals surface area contributed by atoms with Crippen molar-refractivity contribution >= 4 is 21.9 Å². The lowest BCUT2D eigenvalue weighted by Crippen LogP contribution is -2.41. The Morgan fingerprint density at radius 3 is 2.44 bits per heavy atom. The minimum absolute atomic E-state index is 0.0725. The molecule has 1 amide bonds. The van der Waals surface area contributed by atoms with Crippen LogP contribution in [-0.2, 0) is 32.4 Å². The summed E-state index contributed by atoms with van der Waals surface area (Å²) in [4.78, 5) is 26.2. The summed E-state index contributed by atoms with van der Waals surface area (Å²) < 4.78 is 36.6. The van der Waals surface area contributed by atoms with E-state index in [9.17, 15) is 18.0 Å². The molecule has 0 bridgehead atoms. The van der Waals surface area contributed by atoms with Crippen LogP contribution in [0.15, 0.2) is 77.7 Å². The second-order valence-corrected chi connectivity index (χ2v) is 10.6. The van der Waals surface area contributed by atoms with Crippen LogP contribution in [0.4, 0.5) is 4.79 Å². The highest BCUT2D eigenvalue weighted by Gasteiger charge is 2.35. The number of hydrogen-bond donors (Lipinski definition) is 1. The SMILES string of the molecule is CCS(=O)(=O)c1ccc(OCC(=O)O)c(C2c3ccccc3CCN2C(=O)OCc2ccccc2)c1. The Morgan fingerprint density at radius 2 is 1.72 bits per heavy atom. The molecule has 1 heterocycles. The molecular weight excluding hydrogens is 482 g/mol. The molecular formula is C27H27NO7S. The van der Waals surface area contributed by atoms with Gasteiger partial charge in [-0.1, -0.05) is 61.5 Å². The number of sulfone groups is 1. The monoisotopic (exact) mass is 509 g/mol. The number of nitrogens with zero attached hydrogens (tertiary/aromatic N) is 1. The van der Waals surface area contributed by atoms with Crippen molar-refractivity contribution < 1.29 is 32.6 Å². The van der Waals surface area contributed by atoms with E-state index in [-0.39, 0.29) is 23.0 Å². The Labute approximate surface area is 210 Å². The topological polar surface area (TPSA) is 110 Å². The van der Waals surface area contributed by atoms with E-state index in [0.717, 1.165) is 16.7 Å². The number of hydrogen-bond acceptors (Lipinski definition) is 6. The summed E-state index contributed by atoms with van der Waals surface area (Å²) in [6.07, 6.45) is 0.0250. The molecule has 0 fully saturated rings. The van der Waals surface area contributed by atoms with Crippen LogP contribution in [-0.4, -0.2) is 49.4 Å². The van der Waals surface area contributed by atoms with Gasteiger partial charge in [-0.25, -0.2) is 18.0 Å². The molecule has 0 saturated heterocycles. The first-order chi connectivity index (χ1) is 17.3. The lowest BCUT2D eigenvalue weighted by atomic mass is 9.88. The Bertz CT molecular complexity index is 1360. The Kier molecular flexibility index (Phi) is 7.59. The summed E-state index contributed by atoms with van der Waals surface area (Å²) in [7, 11) is -3.58. The fourth-order valence-electron chi connectivity index (χ4n) is 4.27. The second kappa shape index (κ2) is 10.8. The lowest BCUT2D eigenvalue weighted by molar-refractivity contribution is -0.139. The zero-order valence-corrected chi connectivity index (χ0v) is 20.6. The molecule has 1 atom stereocenters. The molecule has 36 heavy (non-hydrogen) atoms. The molecule has 0 spiro atoms. The summed E-state index contributed by atoms with van der Waals surface area (Å²) >= 11 is 0. The lowest BCUT2D eigenvalue weighted by Gasteiger charge is -2.37. The molecule has 1 aliphatic heterocycles. The van der Waals surface area contributed by atoms with Gasteiger partial charge >= 0.3 is 12.1 Å². The van der Waals surface area contributed by atoms with E-state index in [0.29, 0.717) is 18.5 Å². The van der Waals surface area contributed by atoms with Crippen molar-refractivity contribution in [1.29, 1.82) is 0 Å². The van der Waals surface area contributed by atoms with E-state index in [1.54, 1.807) is 6.92 Å². The molecule has 1 N–H and O–H groups in total. The Balaban J connectivity index is 1.79. The van der Waals surface area contributed by atoms with Crippen molar-refractivity contribution in [2.45, 2.75) is 30.9 Å². The molecule has 0 saturated carbocycles. The molecule has 9 heteroatoms. The van der Waals surface area contributed by atoms with Crippen LogP contribution in [0.3, 0.4) is 0 Å². The van der Waals surface area contributed by atoms with Crippen LogP contribution in [0.25, 0.3) is 0 Å². The van der Waals surface area contributed by atoms with E-state index in [4.69, 9.17) is 14.6 Å². The number of carboxylic acid groups (broad SMARTS) is 1. The predicted molar refractivity (Wildman–Crippen MR) is 133 cm³/mol. The van der Waals surface area contributed by atoms with Gasteiger partial charge in [0, 0.05) is 12.1 Å². The van der Waals surface area contributed by atoms with Crippen molar-refractivity contribution in [2.75, 3.05) is 18.9 Å². The van der Waals surface area contributed by atoms with Gasteiger partial charge < -0.3 is 14.6 Å². The first-order valence-corrected chi connectivity index (χ1v) is 13.2. The number of fused-ring (bicyclic) bond motifs is 1. The number of rotatable bonds is 8. The standard InChI is InChI=1S/C27H27NO7S/c1-2-36(32,33)21-12-13-24(34-18-25(29)30)23(16-21)26-22-11-7-6-10-20(22)14-15-28(26)27(31)35-17-19-8-4-3-5-9-19/h3-13,16,26H,2,14-15,17-18H2,1H3,(H,29,30). The Hall–Kier alpha value is -3.85. The molecule has 1 unspecified atom stereocenters. The third-order valence-corrected chi connectivity index (χ3v) is 7.82. The van der Waals surface area contributed by atoms with Crippen LogP contribution >= 0.6 is 0 Å². The van der Waals surface area contributed by atoms with Crippen molar-refractivity contribution in [2.24, 2.45) is 0 Å². The first kappa shape index (κ1) is 25.2. The summed E-state index contributed by atoms with van der Waals surface area (Å²) in [5.41, 5.74) is 3.02. The number of carbonyl (C=O) groups excluding carboxylic acids is 1. The number of carbonyl (C=O) groups is 2. The number of aliphatic carboxylic acids is 1. The van der Waals surface area contributed by atoms with Gasteiger partial charge in [0.2, 0.25) is 0 Å². The van der Waals surface area contributed by atoms with Gasteiger partial charge in [0.25, 0.3) is 0 Å². The normalized spacial score (nSPS) is 15.1. The molecule has 3 aromatic carbocycles. The Morgan fingerprint density at radius 1 is 1.00 bits per heavy atom. The third kappa shape index (κ3) is 5.52. The van der Waals surface area contributed by atoms with Crippen LogP contribution in [0.5, 0.6) is 5.75 Å². The van der Waals surface area contributed by atoms with Crippen molar-refractivity contribution in [3.63, 3.8) is 0 Å². The van der Waals surface area contributed by atoms with Crippen LogP contribution < -0.4 is 4.74 Å². The van der Waals surface area contributed by atoms with Gasteiger partial charge in [-0.2, -0.15) is 0 Å². The van der Waals surface area contributed by atoms with E-state index >= 15 is 0 Å². The average Bonchev–Trinajstić information content (AvgIpc) is 2.90. The summed E-state index contributed by atoms with van der Waals surface area (Å²) in [5.74, 6) is -1.09. The maximum atomic E-state index is 13.3. The molecule has 1 aliphatic rings. The van der Waals surface area contributed by atoms with Gasteiger partial charge in [-0.3, -0.25) is 4.90 Å². The quantitative estimate of drug-likeness (QED) is 0.484. The average molecular weight is 510 g/mol. The van der Waals surface area contributed by atoms with Crippen LogP contribution in [0, 0.1) is 0 Å². The second-order valence-electron chi connectivity index (χ2n) is 8.37. The number of amides is 1. The summed E-state index contributed by atoms with van der Waals surface area (Å²) in [5, 5.41) is 9.17. The van der Waals surface area contributed by atoms with Gasteiger partial charge in [0.15, 0.2) is 16.4 Å². The number of carboxylic acids is 1. The van der Waals surface area contributed by atoms with Gasteiger partial charge in [-0.05, 0) is 41.3 Å². The van der Waals surface area contributed by atoms with Crippen molar-refractivity contribution in [3.8, 4) is 5.75 Å². The largest absolute Gasteiger partial charge is 0.482 e. The molecule has 3 aromatic rings. The number of ether oxygens (including phenoxy) is 2. The van der Waals surface area contributed by atoms with E-state index in [1.165, 1.54) is 23.1 Å². The number of benzene rings is 3. The van der Waals surface area contributed by atoms with Crippen LogP contribution in [0.2, 0.25) is 0 Å². The summed E-state index contributed by atoms with van der Waals surface area (Å²) in [6.45, 7) is 1.35. The van der Waals surface area contributed by atoms with Gasteiger partial charge in [0.1, 0.15) is 12.4 Å².